The van der Waals surface area contributed by atoms with Gasteiger partial charge in [0.15, 0.2) is 0 Å². The largest absolute Gasteiger partial charge is 0.315 e. The van der Waals surface area contributed by atoms with Gasteiger partial charge in [-0.2, -0.15) is 0 Å². The molecule has 0 aliphatic rings. The number of rotatable bonds is 5. The van der Waals surface area contributed by atoms with Gasteiger partial charge in [-0.3, -0.25) is 4.72 Å². The monoisotopic (exact) mass is 314 g/mol. The Morgan fingerprint density at radius 3 is 2.50 bits per heavy atom. The number of sulfonamides is 1. The first-order valence-electron chi connectivity index (χ1n) is 5.94. The van der Waals surface area contributed by atoms with Crippen molar-refractivity contribution in [2.75, 3.05) is 11.8 Å². The number of anilines is 1. The lowest BCUT2D eigenvalue weighted by molar-refractivity contribution is 0.603. The molecule has 0 aliphatic heterocycles. The van der Waals surface area contributed by atoms with E-state index in [9.17, 15) is 12.8 Å². The van der Waals surface area contributed by atoms with E-state index in [4.69, 9.17) is 0 Å². The quantitative estimate of drug-likeness (QED) is 0.892. The van der Waals surface area contributed by atoms with E-state index >= 15 is 0 Å². The average molecular weight is 314 g/mol. The number of nitrogens with one attached hydrogen (secondary N) is 2. The van der Waals surface area contributed by atoms with Gasteiger partial charge in [0.05, 0.1) is 0 Å². The van der Waals surface area contributed by atoms with Crippen LogP contribution < -0.4 is 10.0 Å². The standard InChI is InChI=1S/C13H15FN2O2S2/c1-9-7-13(19-12(9)8-15-2)20(17,18)16-11-5-3-10(14)4-6-11/h3-7,15-16H,8H2,1-2H3. The Kier molecular flexibility index (Phi) is 4.42. The molecule has 0 unspecified atom stereocenters. The van der Waals surface area contributed by atoms with Crippen LogP contribution in [0.25, 0.3) is 0 Å². The van der Waals surface area contributed by atoms with Gasteiger partial charge < -0.3 is 5.32 Å². The molecular formula is C13H15FN2O2S2. The molecule has 2 rings (SSSR count). The zero-order valence-electron chi connectivity index (χ0n) is 11.1. The summed E-state index contributed by atoms with van der Waals surface area (Å²) >= 11 is 1.23. The third-order valence-electron chi connectivity index (χ3n) is 2.70. The molecule has 7 heteroatoms. The Hall–Kier alpha value is -1.44. The minimum atomic E-state index is -3.63. The summed E-state index contributed by atoms with van der Waals surface area (Å²) in [5.74, 6) is -0.406. The predicted octanol–water partition coefficient (Wildman–Crippen LogP) is 2.72. The van der Waals surface area contributed by atoms with E-state index in [1.54, 1.807) is 6.07 Å². The highest BCUT2D eigenvalue weighted by Gasteiger charge is 2.18. The van der Waals surface area contributed by atoms with Crippen LogP contribution in [0.2, 0.25) is 0 Å². The molecule has 20 heavy (non-hydrogen) atoms. The first-order valence-corrected chi connectivity index (χ1v) is 8.24. The molecule has 1 heterocycles. The van der Waals surface area contributed by atoms with Crippen molar-refractivity contribution in [1.29, 1.82) is 0 Å². The second-order valence-electron chi connectivity index (χ2n) is 4.31. The minimum Gasteiger partial charge on any atom is -0.315 e. The lowest BCUT2D eigenvalue weighted by Gasteiger charge is -2.05. The summed E-state index contributed by atoms with van der Waals surface area (Å²) < 4.78 is 40.0. The molecule has 0 fully saturated rings. The molecule has 4 nitrogen and oxygen atoms in total. The fourth-order valence-corrected chi connectivity index (χ4v) is 4.34. The van der Waals surface area contributed by atoms with Crippen LogP contribution in [0.15, 0.2) is 34.5 Å². The first kappa shape index (κ1) is 15.0. The van der Waals surface area contributed by atoms with Crippen molar-refractivity contribution >= 4 is 27.0 Å². The Bertz CT molecular complexity index is 694. The van der Waals surface area contributed by atoms with Crippen molar-refractivity contribution in [3.8, 4) is 0 Å². The number of benzene rings is 1. The number of hydrogen-bond donors (Lipinski definition) is 2. The molecule has 0 aliphatic carbocycles. The first-order chi connectivity index (χ1) is 9.42. The van der Waals surface area contributed by atoms with Crippen LogP contribution in [0, 0.1) is 12.7 Å². The second-order valence-corrected chi connectivity index (χ2v) is 7.36. The van der Waals surface area contributed by atoms with Crippen LogP contribution >= 0.6 is 11.3 Å². The van der Waals surface area contributed by atoms with E-state index in [1.807, 2.05) is 14.0 Å². The summed E-state index contributed by atoms with van der Waals surface area (Å²) in [4.78, 5) is 0.979. The molecule has 0 radical (unpaired) electrons. The Morgan fingerprint density at radius 1 is 1.25 bits per heavy atom. The van der Waals surface area contributed by atoms with Gasteiger partial charge in [0, 0.05) is 17.1 Å². The Morgan fingerprint density at radius 2 is 1.90 bits per heavy atom. The van der Waals surface area contributed by atoms with E-state index in [1.165, 1.54) is 35.6 Å². The fourth-order valence-electron chi connectivity index (χ4n) is 1.68. The number of aryl methyl sites for hydroxylation is 1. The van der Waals surface area contributed by atoms with Gasteiger partial charge in [-0.05, 0) is 49.9 Å². The molecule has 0 spiro atoms. The van der Waals surface area contributed by atoms with E-state index in [-0.39, 0.29) is 4.21 Å². The van der Waals surface area contributed by atoms with Gasteiger partial charge >= 0.3 is 0 Å². The van der Waals surface area contributed by atoms with Crippen LogP contribution in [-0.4, -0.2) is 15.5 Å². The molecule has 0 amide bonds. The van der Waals surface area contributed by atoms with Gasteiger partial charge in [0.2, 0.25) is 0 Å². The summed E-state index contributed by atoms with van der Waals surface area (Å²) in [5.41, 5.74) is 1.27. The smallest absolute Gasteiger partial charge is 0.271 e. The van der Waals surface area contributed by atoms with Gasteiger partial charge in [-0.15, -0.1) is 11.3 Å². The van der Waals surface area contributed by atoms with Gasteiger partial charge in [0.25, 0.3) is 10.0 Å². The van der Waals surface area contributed by atoms with E-state index in [0.29, 0.717) is 12.2 Å². The summed E-state index contributed by atoms with van der Waals surface area (Å²) in [6.07, 6.45) is 0. The molecule has 108 valence electrons. The molecule has 0 bridgehead atoms. The van der Waals surface area contributed by atoms with Gasteiger partial charge in [-0.25, -0.2) is 12.8 Å². The summed E-state index contributed by atoms with van der Waals surface area (Å²) in [6, 6.07) is 6.85. The molecule has 1 aromatic heterocycles. The predicted molar refractivity (Wildman–Crippen MR) is 79.0 cm³/mol. The lowest BCUT2D eigenvalue weighted by atomic mass is 10.3. The minimum absolute atomic E-state index is 0.254. The Balaban J connectivity index is 2.26. The normalized spacial score (nSPS) is 11.6. The third-order valence-corrected chi connectivity index (χ3v) is 5.79. The summed E-state index contributed by atoms with van der Waals surface area (Å²) in [7, 11) is -1.82. The highest BCUT2D eigenvalue weighted by molar-refractivity contribution is 7.94. The van der Waals surface area contributed by atoms with E-state index in [0.717, 1.165) is 10.4 Å². The molecule has 0 saturated carbocycles. The SMILES string of the molecule is CNCc1sc(S(=O)(=O)Nc2ccc(F)cc2)cc1C. The van der Waals surface area contributed by atoms with Crippen molar-refractivity contribution in [3.63, 3.8) is 0 Å². The van der Waals surface area contributed by atoms with Crippen LogP contribution in [0.4, 0.5) is 10.1 Å². The number of thiophene rings is 1. The van der Waals surface area contributed by atoms with Crippen LogP contribution in [0.5, 0.6) is 0 Å². The van der Waals surface area contributed by atoms with Crippen molar-refractivity contribution in [2.45, 2.75) is 17.7 Å². The van der Waals surface area contributed by atoms with Crippen molar-refractivity contribution < 1.29 is 12.8 Å². The third kappa shape index (κ3) is 3.36. The highest BCUT2D eigenvalue weighted by Crippen LogP contribution is 2.27. The van der Waals surface area contributed by atoms with Crippen molar-refractivity contribution in [2.24, 2.45) is 0 Å². The van der Waals surface area contributed by atoms with E-state index in [2.05, 4.69) is 10.0 Å². The van der Waals surface area contributed by atoms with Crippen LogP contribution in [0.1, 0.15) is 10.4 Å². The number of hydrogen-bond acceptors (Lipinski definition) is 4. The molecular weight excluding hydrogens is 299 g/mol. The number of halogens is 1. The topological polar surface area (TPSA) is 58.2 Å². The Labute approximate surface area is 121 Å². The zero-order chi connectivity index (χ0) is 14.8. The maximum atomic E-state index is 12.8. The zero-order valence-corrected chi connectivity index (χ0v) is 12.7. The summed E-state index contributed by atoms with van der Waals surface area (Å²) in [5, 5.41) is 3.00. The van der Waals surface area contributed by atoms with Gasteiger partial charge in [0.1, 0.15) is 10.0 Å². The van der Waals surface area contributed by atoms with Crippen LogP contribution in [-0.2, 0) is 16.6 Å². The van der Waals surface area contributed by atoms with Crippen molar-refractivity contribution in [1.82, 2.24) is 5.32 Å². The lowest BCUT2D eigenvalue weighted by Crippen LogP contribution is -2.11. The van der Waals surface area contributed by atoms with Crippen molar-refractivity contribution in [3.05, 3.63) is 46.6 Å². The molecule has 2 aromatic rings. The molecule has 2 N–H and O–H groups in total. The maximum absolute atomic E-state index is 12.8. The molecule has 1 aromatic carbocycles. The molecule has 0 saturated heterocycles. The summed E-state index contributed by atoms with van der Waals surface area (Å²) in [6.45, 7) is 2.50. The maximum Gasteiger partial charge on any atom is 0.271 e. The highest BCUT2D eigenvalue weighted by atomic mass is 32.2. The average Bonchev–Trinajstić information content (AvgIpc) is 2.75. The second kappa shape index (κ2) is 5.90. The fraction of sp³-hybridized carbons (Fsp3) is 0.231. The van der Waals surface area contributed by atoms with Crippen LogP contribution in [0.3, 0.4) is 0 Å². The van der Waals surface area contributed by atoms with E-state index < -0.39 is 15.8 Å². The molecule has 0 atom stereocenters. The van der Waals surface area contributed by atoms with Gasteiger partial charge in [-0.1, -0.05) is 0 Å².